The molecule has 7 nitrogen and oxygen atoms in total. The minimum Gasteiger partial charge on any atom is -0.481 e. The second-order valence-electron chi connectivity index (χ2n) is 16.8. The van der Waals surface area contributed by atoms with Crippen LogP contribution in [0, 0.1) is 59.2 Å². The van der Waals surface area contributed by atoms with Crippen molar-refractivity contribution in [2.24, 2.45) is 0 Å². The largest absolute Gasteiger partial charge is 1.00 e. The third-order valence-corrected chi connectivity index (χ3v) is 9.90. The predicted molar refractivity (Wildman–Crippen MR) is 374 cm³/mol. The average molecular weight is 1420 g/mol. The van der Waals surface area contributed by atoms with E-state index in [1.165, 1.54) is 77.0 Å². The first-order valence-corrected chi connectivity index (χ1v) is 36.7. The van der Waals surface area contributed by atoms with E-state index >= 15 is 0 Å². The summed E-state index contributed by atoms with van der Waals surface area (Å²) in [6.07, 6.45) is 43.8. The first kappa shape index (κ1) is 83.4. The smallest absolute Gasteiger partial charge is 0.481 e. The van der Waals surface area contributed by atoms with Gasteiger partial charge in [0.1, 0.15) is 10.6 Å². The summed E-state index contributed by atoms with van der Waals surface area (Å²) in [5.74, 6) is 27.0. The molecule has 0 saturated carbocycles. The number of aliphatic hydroxyl groups excluding tert-OH is 2. The molecule has 464 valence electrons. The molecule has 80 heavy (non-hydrogen) atoms. The van der Waals surface area contributed by atoms with E-state index in [9.17, 15) is 14.4 Å². The zero-order chi connectivity index (χ0) is 66.3. The number of aliphatic hydroxyl groups is 2. The fourth-order valence-corrected chi connectivity index (χ4v) is 5.88. The number of halogens is 4. The number of aldehydes is 1. The van der Waals surface area contributed by atoms with E-state index in [1.807, 2.05) is 19.1 Å². The van der Waals surface area contributed by atoms with Crippen molar-refractivity contribution < 1.29 is 69.5 Å². The van der Waals surface area contributed by atoms with Gasteiger partial charge in [-0.1, -0.05) is 230 Å². The van der Waals surface area contributed by atoms with Gasteiger partial charge in [-0.15, -0.1) is 23.7 Å². The molecule has 0 aliphatic heterocycles. The molecule has 4 atom stereocenters. The average Bonchev–Trinajstić information content (AvgIpc) is 3.42. The topological polar surface area (TPSA) is 121 Å². The molecule has 0 radical (unpaired) electrons. The molecule has 0 saturated heterocycles. The molecule has 0 aromatic heterocycles. The van der Waals surface area contributed by atoms with Crippen molar-refractivity contribution in [2.45, 2.75) is 294 Å². The summed E-state index contributed by atoms with van der Waals surface area (Å²) >= 11 is 12.5. The van der Waals surface area contributed by atoms with E-state index < -0.39 is 32.5 Å². The summed E-state index contributed by atoms with van der Waals surface area (Å²) in [6, 6.07) is 0. The Morgan fingerprint density at radius 2 is 0.875 bits per heavy atom. The zero-order valence-electron chi connectivity index (χ0n) is 58.2. The number of carbonyl (C=O) groups is 3. The standard InChI is InChI=1S/C20H32O2.C18H32O2.C8H13Br.C8H14O.C8H12O.C2H6O.2CH4.BH4.Br3P.Na/c1-3-5-6-7-8-9-10-11-12-13-14-15-16-17-18-19-20(21)22-4-2;1-2-3-4-5-6-7-8-9-10-11-12-13-14-15-16-17-18(19)20;3*1-2-3-4-5-6-7-8-9;1-2-3;;;;1-4(2)3;/h3-7,10,13-19H2,1-2H3;6-7,9-10H,2-5,8,11-17H2,1H3,(H,19,20);2-5,8H2,1H3;9H,2-5,8H2,1H3;8H,2-5H2,1H3;3H,2H2,1H3;3*1H4;;/q;;;;;;;;-1;;+1/b;7-6-,10-9-;;;;;;;;;/i10D;3*8D;;;;;1D4;;. The Balaban J connectivity index is -0.0000000921. The summed E-state index contributed by atoms with van der Waals surface area (Å²) in [6.45, 7) is 13.8. The Kier molecular flexibility index (Phi) is 118. The van der Waals surface area contributed by atoms with E-state index in [4.69, 9.17) is 30.9 Å². The third kappa shape index (κ3) is 153. The molecule has 0 aromatic rings. The Morgan fingerprint density at radius 1 is 0.537 bits per heavy atom. The van der Waals surface area contributed by atoms with Gasteiger partial charge in [0.05, 0.1) is 22.4 Å². The summed E-state index contributed by atoms with van der Waals surface area (Å²) in [7, 11) is -3.00. The Labute approximate surface area is 566 Å². The van der Waals surface area contributed by atoms with Crippen LogP contribution < -0.4 is 29.6 Å². The first-order valence-electron chi connectivity index (χ1n) is 33.0. The summed E-state index contributed by atoms with van der Waals surface area (Å²) in [5, 5.41) is 24.1. The maximum Gasteiger partial charge on any atom is 1.00 e. The van der Waals surface area contributed by atoms with Gasteiger partial charge in [0.15, 0.2) is 6.29 Å². The van der Waals surface area contributed by atoms with Gasteiger partial charge in [-0.25, -0.2) is 5.34 Å². The molecule has 0 bridgehead atoms. The van der Waals surface area contributed by atoms with Gasteiger partial charge >= 0.3 is 41.5 Å². The van der Waals surface area contributed by atoms with Crippen LogP contribution in [0.5, 0.6) is 0 Å². The SMILES string of the molecule is BrP(Br)Br.C.C.CCCCCC#CC=O.CCO.[2H]C(/C=C\CCCCC)/C=C\CCCCCCCC(=O)O.[2H]C(Br)C#CCCCCC.[2H]C(C#CCCCCC)C#CCCCCCCCC(=O)OCC.[2H]C(O)C#CCCCCC.[2H][B-]([2H])([2H])[2H].[Na+]. The number of unbranched alkanes of at least 4 members (excludes halogenated alkanes) is 25. The maximum atomic E-state index is 11.1. The number of carboxylic acid groups (broad SMARTS) is 1. The summed E-state index contributed by atoms with van der Waals surface area (Å²) < 4.78 is 57.9. The number of hydrogen-bond acceptors (Lipinski definition) is 6. The van der Waals surface area contributed by atoms with Crippen LogP contribution in [0.4, 0.5) is 0 Å². The van der Waals surface area contributed by atoms with Gasteiger partial charge in [-0.2, -0.15) is 0 Å². The molecule has 0 aliphatic carbocycles. The molecule has 0 heterocycles. The van der Waals surface area contributed by atoms with Crippen molar-refractivity contribution >= 4 is 92.9 Å². The fourth-order valence-electron chi connectivity index (χ4n) is 5.72. The zero-order valence-corrected chi connectivity index (χ0v) is 59.4. The third-order valence-electron chi connectivity index (χ3n) is 9.67. The Hall–Kier alpha value is -0.775. The van der Waals surface area contributed by atoms with Crippen molar-refractivity contribution in [1.29, 1.82) is 5.34 Å². The first-order chi connectivity index (χ1) is 40.5. The molecule has 0 rings (SSSR count). The minimum absolute atomic E-state index is 0. The molecule has 4 unspecified atom stereocenters. The van der Waals surface area contributed by atoms with Crippen LogP contribution in [-0.2, 0) is 19.1 Å². The van der Waals surface area contributed by atoms with Gasteiger partial charge in [-0.3, -0.25) is 14.4 Å². The number of aliphatic carboxylic acids is 1. The van der Waals surface area contributed by atoms with Gasteiger partial charge < -0.3 is 20.1 Å². The molecule has 0 fully saturated rings. The number of carbonyl (C=O) groups excluding carboxylic acids is 2. The number of alkyl halides is 1. The van der Waals surface area contributed by atoms with Crippen molar-refractivity contribution in [3.05, 3.63) is 24.3 Å². The molecular weight excluding hydrogens is 1290 g/mol. The Bertz CT molecular complexity index is 1760. The molecule has 0 aliphatic rings. The maximum absolute atomic E-state index is 11.1. The van der Waals surface area contributed by atoms with Crippen LogP contribution in [-0.4, -0.2) is 72.3 Å². The molecule has 3 N–H and O–H groups in total. The number of allylic oxidation sites excluding steroid dienone is 4. The van der Waals surface area contributed by atoms with Crippen LogP contribution in [0.15, 0.2) is 24.3 Å². The second kappa shape index (κ2) is 113. The number of carboxylic acids is 1. The molecule has 0 amide bonds. The predicted octanol–water partition coefficient (Wildman–Crippen LogP) is 17.7. The normalized spacial score (nSPS) is 12.0. The van der Waals surface area contributed by atoms with Crippen LogP contribution in [0.25, 0.3) is 0 Å². The molecule has 0 spiro atoms. The van der Waals surface area contributed by atoms with Crippen LogP contribution in [0.1, 0.15) is 300 Å². The minimum atomic E-state index is -3.00. The van der Waals surface area contributed by atoms with Gasteiger partial charge in [0, 0.05) is 52.9 Å². The van der Waals surface area contributed by atoms with Crippen molar-refractivity contribution in [1.82, 2.24) is 0 Å². The van der Waals surface area contributed by atoms with E-state index in [1.54, 1.807) is 6.92 Å². The number of hydrogen-bond donors (Lipinski definition) is 3. The number of rotatable bonds is 34. The van der Waals surface area contributed by atoms with E-state index in [0.717, 1.165) is 128 Å². The van der Waals surface area contributed by atoms with E-state index in [-0.39, 0.29) is 67.4 Å². The van der Waals surface area contributed by atoms with Crippen molar-refractivity contribution in [3.8, 4) is 59.2 Å². The van der Waals surface area contributed by atoms with Gasteiger partial charge in [0.25, 0.3) is 0 Å². The second-order valence-corrected chi connectivity index (χ2v) is 32.6. The quantitative estimate of drug-likeness (QED) is 0.00858. The van der Waals surface area contributed by atoms with Crippen LogP contribution >= 0.6 is 66.4 Å². The summed E-state index contributed by atoms with van der Waals surface area (Å²) in [4.78, 5) is 31.1. The molecular formula is C66H121BBr4NaO7P. The summed E-state index contributed by atoms with van der Waals surface area (Å²) in [5.41, 5.74) is 0. The van der Waals surface area contributed by atoms with Crippen molar-refractivity contribution in [2.75, 3.05) is 25.1 Å². The number of ether oxygens (including phenoxy) is 1. The van der Waals surface area contributed by atoms with E-state index in [2.05, 4.69) is 168 Å². The molecule has 14 heteroatoms. The van der Waals surface area contributed by atoms with E-state index in [0.29, 0.717) is 25.7 Å². The Morgan fingerprint density at radius 3 is 1.26 bits per heavy atom. The van der Waals surface area contributed by atoms with Gasteiger partial charge in [0.2, 0.25) is 0 Å². The van der Waals surface area contributed by atoms with Crippen LogP contribution in [0.3, 0.4) is 0 Å². The fraction of sp³-hybridized carbons (Fsp3) is 0.742. The van der Waals surface area contributed by atoms with Gasteiger partial charge in [-0.05, 0) is 143 Å². The number of esters is 1. The molecule has 0 aromatic carbocycles. The monoisotopic (exact) mass is 1410 g/mol. The van der Waals surface area contributed by atoms with Crippen LogP contribution in [0.2, 0.25) is 0 Å². The van der Waals surface area contributed by atoms with Crippen molar-refractivity contribution in [3.63, 3.8) is 0 Å².